The van der Waals surface area contributed by atoms with Crippen molar-refractivity contribution in [3.8, 4) is 0 Å². The maximum Gasteiger partial charge on any atom is 0.408 e. The van der Waals surface area contributed by atoms with E-state index in [0.717, 1.165) is 42.4 Å². The highest BCUT2D eigenvalue weighted by atomic mass is 16.6. The molecule has 3 amide bonds. The molecular weight excluding hydrogens is 502 g/mol. The summed E-state index contributed by atoms with van der Waals surface area (Å²) in [6.45, 7) is 23.8. The molecule has 1 aromatic rings. The average Bonchev–Trinajstić information content (AvgIpc) is 2.81. The normalized spacial score (nSPS) is 15.5. The molecular formula is C33H57N3O4. The lowest BCUT2D eigenvalue weighted by Crippen LogP contribution is -2.57. The molecule has 0 radical (unpaired) electrons. The van der Waals surface area contributed by atoms with Gasteiger partial charge in [0.2, 0.25) is 11.8 Å². The van der Waals surface area contributed by atoms with Crippen LogP contribution in [0.25, 0.3) is 0 Å². The Kier molecular flexibility index (Phi) is 14.2. The molecule has 1 rings (SSSR count). The summed E-state index contributed by atoms with van der Waals surface area (Å²) in [5.41, 5.74) is 2.14. The van der Waals surface area contributed by atoms with Crippen LogP contribution in [0.5, 0.6) is 0 Å². The zero-order valence-corrected chi connectivity index (χ0v) is 27.3. The van der Waals surface area contributed by atoms with E-state index in [1.807, 2.05) is 53.7 Å². The van der Waals surface area contributed by atoms with Crippen molar-refractivity contribution in [1.82, 2.24) is 15.5 Å². The van der Waals surface area contributed by atoms with Crippen molar-refractivity contribution in [2.24, 2.45) is 11.8 Å². The lowest BCUT2D eigenvalue weighted by atomic mass is 9.92. The van der Waals surface area contributed by atoms with Gasteiger partial charge in [-0.3, -0.25) is 9.59 Å². The van der Waals surface area contributed by atoms with Crippen LogP contribution in [-0.4, -0.2) is 46.5 Å². The van der Waals surface area contributed by atoms with Crippen molar-refractivity contribution < 1.29 is 19.1 Å². The molecule has 0 aliphatic rings. The quantitative estimate of drug-likeness (QED) is 0.251. The monoisotopic (exact) mass is 559 g/mol. The Hall–Kier alpha value is -2.57. The van der Waals surface area contributed by atoms with Crippen LogP contribution in [0.1, 0.15) is 124 Å². The smallest absolute Gasteiger partial charge is 0.408 e. The maximum absolute atomic E-state index is 14.6. The number of alkyl carbamates (subject to hydrolysis) is 1. The number of amides is 3. The fourth-order valence-corrected chi connectivity index (χ4v) is 5.02. The fraction of sp³-hybridized carbons (Fsp3) is 0.727. The minimum absolute atomic E-state index is 0.0286. The highest BCUT2D eigenvalue weighted by molar-refractivity contribution is 5.92. The van der Waals surface area contributed by atoms with Gasteiger partial charge in [0.15, 0.2) is 0 Å². The van der Waals surface area contributed by atoms with E-state index in [0.29, 0.717) is 12.3 Å². The maximum atomic E-state index is 14.6. The van der Waals surface area contributed by atoms with E-state index in [9.17, 15) is 14.4 Å². The zero-order chi connectivity index (χ0) is 30.8. The van der Waals surface area contributed by atoms with Gasteiger partial charge in [0.25, 0.3) is 0 Å². The average molecular weight is 560 g/mol. The van der Waals surface area contributed by atoms with Gasteiger partial charge in [0.1, 0.15) is 17.7 Å². The van der Waals surface area contributed by atoms with Gasteiger partial charge >= 0.3 is 6.09 Å². The molecule has 5 atom stereocenters. The van der Waals surface area contributed by atoms with Crippen molar-refractivity contribution in [2.75, 3.05) is 0 Å². The third-order valence-electron chi connectivity index (χ3n) is 7.24. The number of ether oxygens (including phenoxy) is 1. The van der Waals surface area contributed by atoms with Crippen LogP contribution in [0, 0.1) is 25.7 Å². The predicted molar refractivity (Wildman–Crippen MR) is 164 cm³/mol. The van der Waals surface area contributed by atoms with Gasteiger partial charge in [-0.05, 0) is 85.1 Å². The Bertz CT molecular complexity index is 949. The molecule has 0 bridgehead atoms. The third kappa shape index (κ3) is 11.5. The van der Waals surface area contributed by atoms with E-state index < -0.39 is 23.8 Å². The first-order valence-electron chi connectivity index (χ1n) is 15.2. The van der Waals surface area contributed by atoms with Crippen molar-refractivity contribution in [3.05, 3.63) is 34.9 Å². The van der Waals surface area contributed by atoms with E-state index >= 15 is 0 Å². The molecule has 40 heavy (non-hydrogen) atoms. The first-order valence-corrected chi connectivity index (χ1v) is 15.2. The standard InChI is InChI=1S/C33H57N3O4/c1-13-15-25(8)34-30(37)29(27-19-22(5)18-23(6)20-27)36(26(9)17-16-21(3)4)31(38)28(24(7)14-2)35-32(39)40-33(10,11)12/h18-21,24-26,28-29H,13-17H2,1-12H3,(H,34,37)(H,35,39). The third-order valence-corrected chi connectivity index (χ3v) is 7.24. The number of hydrogen-bond donors (Lipinski definition) is 2. The van der Waals surface area contributed by atoms with Crippen molar-refractivity contribution in [2.45, 2.75) is 145 Å². The minimum Gasteiger partial charge on any atom is -0.444 e. The zero-order valence-electron chi connectivity index (χ0n) is 27.3. The second-order valence-electron chi connectivity index (χ2n) is 13.1. The second-order valence-corrected chi connectivity index (χ2v) is 13.1. The largest absolute Gasteiger partial charge is 0.444 e. The molecule has 0 aromatic heterocycles. The summed E-state index contributed by atoms with van der Waals surface area (Å²) >= 11 is 0. The number of benzene rings is 1. The van der Waals surface area contributed by atoms with Crippen LogP contribution in [-0.2, 0) is 14.3 Å². The Morgan fingerprint density at radius 3 is 1.93 bits per heavy atom. The van der Waals surface area contributed by atoms with E-state index in [1.165, 1.54) is 0 Å². The van der Waals surface area contributed by atoms with Crippen LogP contribution in [0.15, 0.2) is 18.2 Å². The number of hydrogen-bond acceptors (Lipinski definition) is 4. The van der Waals surface area contributed by atoms with Crippen LogP contribution >= 0.6 is 0 Å². The topological polar surface area (TPSA) is 87.7 Å². The van der Waals surface area contributed by atoms with E-state index in [4.69, 9.17) is 4.74 Å². The Labute approximate surface area is 244 Å². The lowest BCUT2D eigenvalue weighted by Gasteiger charge is -2.40. The van der Waals surface area contributed by atoms with Crippen LogP contribution in [0.2, 0.25) is 0 Å². The number of carbonyl (C=O) groups excluding carboxylic acids is 3. The summed E-state index contributed by atoms with van der Waals surface area (Å²) in [7, 11) is 0. The van der Waals surface area contributed by atoms with Gasteiger partial charge < -0.3 is 20.3 Å². The summed E-state index contributed by atoms with van der Waals surface area (Å²) in [5, 5.41) is 6.05. The van der Waals surface area contributed by atoms with Gasteiger partial charge in [-0.25, -0.2) is 4.79 Å². The van der Waals surface area contributed by atoms with Crippen molar-refractivity contribution in [3.63, 3.8) is 0 Å². The van der Waals surface area contributed by atoms with Crippen molar-refractivity contribution in [1.29, 1.82) is 0 Å². The van der Waals surface area contributed by atoms with E-state index in [2.05, 4.69) is 37.5 Å². The molecule has 7 heteroatoms. The molecule has 0 saturated heterocycles. The fourth-order valence-electron chi connectivity index (χ4n) is 5.02. The van der Waals surface area contributed by atoms with Crippen LogP contribution in [0.4, 0.5) is 4.79 Å². The highest BCUT2D eigenvalue weighted by Crippen LogP contribution is 2.30. The molecule has 0 heterocycles. The predicted octanol–water partition coefficient (Wildman–Crippen LogP) is 7.24. The first kappa shape index (κ1) is 35.5. The first-order chi connectivity index (χ1) is 18.5. The van der Waals surface area contributed by atoms with Gasteiger partial charge in [-0.1, -0.05) is 76.8 Å². The molecule has 228 valence electrons. The molecule has 2 N–H and O–H groups in total. The number of nitrogens with zero attached hydrogens (tertiary/aromatic N) is 1. The highest BCUT2D eigenvalue weighted by Gasteiger charge is 2.40. The Morgan fingerprint density at radius 2 is 1.45 bits per heavy atom. The molecule has 0 aliphatic heterocycles. The molecule has 5 unspecified atom stereocenters. The molecule has 7 nitrogen and oxygen atoms in total. The molecule has 0 saturated carbocycles. The van der Waals surface area contributed by atoms with Crippen LogP contribution in [0.3, 0.4) is 0 Å². The Balaban J connectivity index is 3.74. The second kappa shape index (κ2) is 16.0. The van der Waals surface area contributed by atoms with Gasteiger partial charge in [-0.2, -0.15) is 0 Å². The number of nitrogens with one attached hydrogen (secondary N) is 2. The summed E-state index contributed by atoms with van der Waals surface area (Å²) in [6.07, 6.45) is 3.48. The Morgan fingerprint density at radius 1 is 0.875 bits per heavy atom. The molecule has 0 spiro atoms. The summed E-state index contributed by atoms with van der Waals surface area (Å²) < 4.78 is 5.54. The van der Waals surface area contributed by atoms with E-state index in [-0.39, 0.29) is 29.8 Å². The molecule has 1 aromatic carbocycles. The van der Waals surface area contributed by atoms with Gasteiger partial charge in [0.05, 0.1) is 0 Å². The molecule has 0 fully saturated rings. The summed E-state index contributed by atoms with van der Waals surface area (Å²) in [5.74, 6) is -0.181. The number of aryl methyl sites for hydroxylation is 2. The number of carbonyl (C=O) groups is 3. The van der Waals surface area contributed by atoms with Crippen LogP contribution < -0.4 is 10.6 Å². The molecule has 0 aliphatic carbocycles. The lowest BCUT2D eigenvalue weighted by molar-refractivity contribution is -0.146. The minimum atomic E-state index is -0.837. The summed E-state index contributed by atoms with van der Waals surface area (Å²) in [4.78, 5) is 43.3. The number of rotatable bonds is 14. The SMILES string of the molecule is CCCC(C)NC(=O)C(c1cc(C)cc(C)c1)N(C(=O)C(NC(=O)OC(C)(C)C)C(C)CC)C(C)CCC(C)C. The van der Waals surface area contributed by atoms with Gasteiger partial charge in [0, 0.05) is 12.1 Å². The van der Waals surface area contributed by atoms with E-state index in [1.54, 1.807) is 25.7 Å². The van der Waals surface area contributed by atoms with Gasteiger partial charge in [-0.15, -0.1) is 0 Å². The van der Waals surface area contributed by atoms with Crippen molar-refractivity contribution >= 4 is 17.9 Å². The summed E-state index contributed by atoms with van der Waals surface area (Å²) in [6, 6.07) is 4.13.